The van der Waals surface area contributed by atoms with Crippen LogP contribution in [0.25, 0.3) is 6.08 Å². The summed E-state index contributed by atoms with van der Waals surface area (Å²) in [6.45, 7) is 0.160. The minimum absolute atomic E-state index is 0.0330. The van der Waals surface area contributed by atoms with Crippen molar-refractivity contribution in [1.29, 1.82) is 0 Å². The van der Waals surface area contributed by atoms with Gasteiger partial charge in [0.15, 0.2) is 5.17 Å². The molecule has 2 aromatic carbocycles. The summed E-state index contributed by atoms with van der Waals surface area (Å²) in [6.07, 6.45) is 4.54. The number of phenolic OH excluding ortho intramolecular Hbond substituents is 1. The van der Waals surface area contributed by atoms with Crippen LogP contribution in [0.5, 0.6) is 5.75 Å². The first-order valence-corrected chi connectivity index (χ1v) is 11.1. The first-order valence-electron chi connectivity index (χ1n) is 9.48. The van der Waals surface area contributed by atoms with E-state index in [2.05, 4.69) is 26.1 Å². The Balaban J connectivity index is 1.62. The van der Waals surface area contributed by atoms with Crippen LogP contribution in [0.4, 0.5) is 5.69 Å². The van der Waals surface area contributed by atoms with Crippen LogP contribution in [0.1, 0.15) is 16.9 Å². The van der Waals surface area contributed by atoms with Gasteiger partial charge in [-0.25, -0.2) is 0 Å². The Morgan fingerprint density at radius 3 is 2.70 bits per heavy atom. The van der Waals surface area contributed by atoms with Gasteiger partial charge in [-0.2, -0.15) is 5.10 Å². The van der Waals surface area contributed by atoms with E-state index >= 15 is 0 Å². The van der Waals surface area contributed by atoms with Gasteiger partial charge in [0.25, 0.3) is 11.6 Å². The first-order chi connectivity index (χ1) is 15.9. The van der Waals surface area contributed by atoms with E-state index in [0.717, 1.165) is 16.2 Å². The van der Waals surface area contributed by atoms with Gasteiger partial charge in [-0.05, 0) is 65.9 Å². The quantitative estimate of drug-likeness (QED) is 0.205. The van der Waals surface area contributed by atoms with Gasteiger partial charge >= 0.3 is 0 Å². The number of benzene rings is 2. The molecule has 4 rings (SSSR count). The summed E-state index contributed by atoms with van der Waals surface area (Å²) < 4.78 is 6.14. The summed E-state index contributed by atoms with van der Waals surface area (Å²) in [5.74, 6) is 0.319. The number of thioether (sulfide) groups is 1. The Morgan fingerprint density at radius 2 is 2.00 bits per heavy atom. The summed E-state index contributed by atoms with van der Waals surface area (Å²) >= 11 is 4.46. The fourth-order valence-electron chi connectivity index (χ4n) is 2.89. The molecule has 0 radical (unpaired) electrons. The molecule has 0 aliphatic carbocycles. The van der Waals surface area contributed by atoms with Crippen molar-refractivity contribution < 1.29 is 19.2 Å². The second kappa shape index (κ2) is 9.84. The van der Waals surface area contributed by atoms with E-state index in [-0.39, 0.29) is 23.9 Å². The zero-order valence-electron chi connectivity index (χ0n) is 16.8. The highest BCUT2D eigenvalue weighted by Crippen LogP contribution is 2.34. The Labute approximate surface area is 200 Å². The van der Waals surface area contributed by atoms with Crippen LogP contribution < -0.4 is 0 Å². The van der Waals surface area contributed by atoms with E-state index in [4.69, 9.17) is 4.42 Å². The molecule has 1 aliphatic rings. The summed E-state index contributed by atoms with van der Waals surface area (Å²) in [4.78, 5) is 25.2. The summed E-state index contributed by atoms with van der Waals surface area (Å²) in [5.41, 5.74) is 1.06. The normalized spacial score (nSPS) is 16.4. The number of hydrogen-bond acceptors (Lipinski definition) is 8. The topological polar surface area (TPSA) is 122 Å². The molecular formula is C22H15BrN4O5S. The maximum absolute atomic E-state index is 13.1. The summed E-state index contributed by atoms with van der Waals surface area (Å²) in [5, 5.41) is 29.4. The lowest BCUT2D eigenvalue weighted by Crippen LogP contribution is -2.28. The predicted octanol–water partition coefficient (Wildman–Crippen LogP) is 5.16. The second-order valence-electron chi connectivity index (χ2n) is 6.76. The van der Waals surface area contributed by atoms with Crippen molar-refractivity contribution in [1.82, 2.24) is 4.90 Å². The van der Waals surface area contributed by atoms with Crippen molar-refractivity contribution in [2.75, 3.05) is 0 Å². The highest BCUT2D eigenvalue weighted by atomic mass is 79.9. The Bertz CT molecular complexity index is 1290. The van der Waals surface area contributed by atoms with Gasteiger partial charge in [0, 0.05) is 22.2 Å². The number of carbonyl (C=O) groups is 1. The van der Waals surface area contributed by atoms with Crippen molar-refractivity contribution in [2.24, 2.45) is 10.2 Å². The number of amidine groups is 1. The lowest BCUT2D eigenvalue weighted by molar-refractivity contribution is -0.384. The number of amides is 1. The lowest BCUT2D eigenvalue weighted by atomic mass is 10.2. The van der Waals surface area contributed by atoms with Crippen LogP contribution in [-0.2, 0) is 11.3 Å². The molecule has 3 aromatic rings. The third-order valence-electron chi connectivity index (χ3n) is 4.51. The number of nitrogens with zero attached hydrogens (tertiary/aromatic N) is 4. The number of phenols is 1. The molecule has 166 valence electrons. The number of furan rings is 1. The van der Waals surface area contributed by atoms with E-state index in [1.165, 1.54) is 35.6 Å². The average Bonchev–Trinajstić information content (AvgIpc) is 3.41. The Hall–Kier alpha value is -3.70. The van der Waals surface area contributed by atoms with Crippen molar-refractivity contribution in [3.63, 3.8) is 0 Å². The Morgan fingerprint density at radius 1 is 1.21 bits per heavy atom. The van der Waals surface area contributed by atoms with E-state index < -0.39 is 4.92 Å². The lowest BCUT2D eigenvalue weighted by Gasteiger charge is -2.12. The van der Waals surface area contributed by atoms with Crippen LogP contribution in [0.15, 0.2) is 84.9 Å². The number of nitro groups is 1. The molecule has 1 amide bonds. The van der Waals surface area contributed by atoms with Crippen molar-refractivity contribution >= 4 is 56.7 Å². The monoisotopic (exact) mass is 526 g/mol. The highest BCUT2D eigenvalue weighted by Gasteiger charge is 2.34. The van der Waals surface area contributed by atoms with Crippen molar-refractivity contribution in [2.45, 2.75) is 6.54 Å². The molecule has 0 spiro atoms. The van der Waals surface area contributed by atoms with Gasteiger partial charge in [-0.15, -0.1) is 5.10 Å². The summed E-state index contributed by atoms with van der Waals surface area (Å²) in [6, 6.07) is 14.3. The first kappa shape index (κ1) is 22.5. The zero-order valence-corrected chi connectivity index (χ0v) is 19.2. The smallest absolute Gasteiger partial charge is 0.269 e. The number of nitro benzene ring substituents is 1. The minimum Gasteiger partial charge on any atom is -0.507 e. The second-order valence-corrected chi connectivity index (χ2v) is 8.69. The number of aromatic hydroxyl groups is 1. The molecule has 1 aromatic heterocycles. The van der Waals surface area contributed by atoms with Crippen LogP contribution >= 0.6 is 27.7 Å². The molecule has 1 fully saturated rings. The van der Waals surface area contributed by atoms with Crippen LogP contribution in [0.2, 0.25) is 0 Å². The third kappa shape index (κ3) is 5.38. The molecule has 0 unspecified atom stereocenters. The zero-order chi connectivity index (χ0) is 23.4. The molecule has 1 N–H and O–H groups in total. The van der Waals surface area contributed by atoms with Crippen molar-refractivity contribution in [3.8, 4) is 5.75 Å². The number of halogens is 1. The molecule has 11 heteroatoms. The molecule has 9 nitrogen and oxygen atoms in total. The van der Waals surface area contributed by atoms with Gasteiger partial charge in [0.1, 0.15) is 11.5 Å². The molecule has 0 atom stereocenters. The molecule has 0 bridgehead atoms. The fourth-order valence-corrected chi connectivity index (χ4v) is 4.21. The van der Waals surface area contributed by atoms with E-state index in [1.807, 2.05) is 0 Å². The number of hydrogen-bond donors (Lipinski definition) is 1. The molecule has 0 saturated carbocycles. The fraction of sp³-hybridized carbons (Fsp3) is 0.0455. The average molecular weight is 527 g/mol. The van der Waals surface area contributed by atoms with E-state index in [1.54, 1.807) is 42.5 Å². The maximum atomic E-state index is 13.1. The summed E-state index contributed by atoms with van der Waals surface area (Å²) in [7, 11) is 0. The number of rotatable bonds is 6. The van der Waals surface area contributed by atoms with Gasteiger partial charge in [-0.3, -0.25) is 19.8 Å². The van der Waals surface area contributed by atoms with Gasteiger partial charge < -0.3 is 9.52 Å². The predicted molar refractivity (Wildman–Crippen MR) is 129 cm³/mol. The van der Waals surface area contributed by atoms with Crippen LogP contribution in [0, 0.1) is 10.1 Å². The molecule has 2 heterocycles. The van der Waals surface area contributed by atoms with Crippen LogP contribution in [-0.4, -0.2) is 32.2 Å². The third-order valence-corrected chi connectivity index (χ3v) is 6.00. The molecule has 33 heavy (non-hydrogen) atoms. The molecular weight excluding hydrogens is 512 g/mol. The van der Waals surface area contributed by atoms with Gasteiger partial charge in [0.2, 0.25) is 0 Å². The van der Waals surface area contributed by atoms with Crippen LogP contribution in [0.3, 0.4) is 0 Å². The van der Waals surface area contributed by atoms with Gasteiger partial charge in [0.05, 0.1) is 28.9 Å². The highest BCUT2D eigenvalue weighted by molar-refractivity contribution is 9.10. The number of non-ortho nitro benzene ring substituents is 1. The Kier molecular flexibility index (Phi) is 6.71. The standard InChI is InChI=1S/C22H15BrN4O5S/c23-16-5-8-19(28)15(11-16)12-24-25-22-26(13-18-2-1-9-32-18)21(29)20(33-22)10-14-3-6-17(7-4-14)27(30)31/h1-12,28H,13H2/b20-10-,24-12-,25-22+. The van der Waals surface area contributed by atoms with E-state index in [0.29, 0.717) is 27.0 Å². The SMILES string of the molecule is O=C1/C(=C/c2ccc([N+](=O)[O-])cc2)S/C(=N/N=C\c2cc(Br)ccc2O)N1Cc1ccco1. The molecule has 1 saturated heterocycles. The molecule has 1 aliphatic heterocycles. The van der Waals surface area contributed by atoms with Crippen molar-refractivity contribution in [3.05, 3.63) is 97.2 Å². The van der Waals surface area contributed by atoms with Gasteiger partial charge in [-0.1, -0.05) is 15.9 Å². The minimum atomic E-state index is -0.483. The number of carbonyl (C=O) groups excluding carboxylic acids is 1. The van der Waals surface area contributed by atoms with E-state index in [9.17, 15) is 20.0 Å². The largest absolute Gasteiger partial charge is 0.507 e. The maximum Gasteiger partial charge on any atom is 0.269 e.